The van der Waals surface area contributed by atoms with E-state index in [9.17, 15) is 4.79 Å². The molecule has 1 fully saturated rings. The summed E-state index contributed by atoms with van der Waals surface area (Å²) in [7, 11) is 0. The first-order chi connectivity index (χ1) is 8.78. The molecule has 0 radical (unpaired) electrons. The summed E-state index contributed by atoms with van der Waals surface area (Å²) in [5.41, 5.74) is 0.593. The minimum atomic E-state index is 0.163. The number of ketones is 1. The van der Waals surface area contributed by atoms with Crippen LogP contribution in [-0.2, 0) is 17.6 Å². The van der Waals surface area contributed by atoms with Crippen molar-refractivity contribution in [1.29, 1.82) is 0 Å². The summed E-state index contributed by atoms with van der Waals surface area (Å²) in [6.45, 7) is 3.66. The maximum atomic E-state index is 12.1. The van der Waals surface area contributed by atoms with Gasteiger partial charge in [0.2, 0.25) is 0 Å². The number of oxazole rings is 1. The number of ether oxygens (including phenoxy) is 1. The topological polar surface area (TPSA) is 52.3 Å². The van der Waals surface area contributed by atoms with E-state index in [1.165, 1.54) is 0 Å². The van der Waals surface area contributed by atoms with Crippen LogP contribution in [0.2, 0.25) is 0 Å². The van der Waals surface area contributed by atoms with Crippen LogP contribution in [-0.4, -0.2) is 24.0 Å². The van der Waals surface area contributed by atoms with E-state index in [1.54, 1.807) is 0 Å². The van der Waals surface area contributed by atoms with E-state index >= 15 is 0 Å². The minimum Gasteiger partial charge on any atom is -0.445 e. The summed E-state index contributed by atoms with van der Waals surface area (Å²) in [5.74, 6) is 2.70. The van der Waals surface area contributed by atoms with Gasteiger partial charge in [0.15, 0.2) is 11.7 Å². The fourth-order valence-electron chi connectivity index (χ4n) is 3.07. The summed E-state index contributed by atoms with van der Waals surface area (Å²) < 4.78 is 11.1. The predicted octanol–water partition coefficient (Wildman–Crippen LogP) is 2.41. The third-order valence-corrected chi connectivity index (χ3v) is 4.14. The largest absolute Gasteiger partial charge is 0.445 e. The molecule has 1 aliphatic carbocycles. The van der Waals surface area contributed by atoms with Gasteiger partial charge >= 0.3 is 0 Å². The second-order valence-electron chi connectivity index (χ2n) is 5.27. The van der Waals surface area contributed by atoms with Crippen LogP contribution in [0.4, 0.5) is 0 Å². The Hall–Kier alpha value is -1.16. The zero-order valence-electron chi connectivity index (χ0n) is 10.8. The van der Waals surface area contributed by atoms with E-state index in [0.29, 0.717) is 29.8 Å². The molecule has 1 aromatic heterocycles. The first-order valence-electron chi connectivity index (χ1n) is 6.87. The normalized spacial score (nSPS) is 25.2. The molecule has 1 aromatic rings. The molecule has 0 aromatic carbocycles. The predicted molar refractivity (Wildman–Crippen MR) is 65.6 cm³/mol. The van der Waals surface area contributed by atoms with Crippen molar-refractivity contribution in [3.63, 3.8) is 0 Å². The summed E-state index contributed by atoms with van der Waals surface area (Å²) in [5, 5.41) is 0. The smallest absolute Gasteiger partial charge is 0.194 e. The van der Waals surface area contributed by atoms with Gasteiger partial charge in [-0.2, -0.15) is 0 Å². The number of carbonyl (C=O) groups is 1. The lowest BCUT2D eigenvalue weighted by Crippen LogP contribution is -2.30. The highest BCUT2D eigenvalue weighted by Gasteiger charge is 2.34. The van der Waals surface area contributed by atoms with Gasteiger partial charge in [-0.3, -0.25) is 4.79 Å². The van der Waals surface area contributed by atoms with Crippen molar-refractivity contribution in [2.45, 2.75) is 39.0 Å². The van der Waals surface area contributed by atoms with Gasteiger partial charge in [0.1, 0.15) is 11.5 Å². The first kappa shape index (κ1) is 11.9. The molecule has 1 unspecified atom stereocenters. The molecule has 1 aliphatic heterocycles. The van der Waals surface area contributed by atoms with Crippen LogP contribution in [0.15, 0.2) is 4.42 Å². The number of hydrogen-bond donors (Lipinski definition) is 0. The molecular weight excluding hydrogens is 230 g/mol. The van der Waals surface area contributed by atoms with Crippen LogP contribution < -0.4 is 0 Å². The van der Waals surface area contributed by atoms with E-state index in [1.807, 2.05) is 6.92 Å². The number of carbonyl (C=O) groups excluding carboxylic acids is 1. The summed E-state index contributed by atoms with van der Waals surface area (Å²) >= 11 is 0. The second-order valence-corrected chi connectivity index (χ2v) is 5.27. The Morgan fingerprint density at radius 2 is 2.00 bits per heavy atom. The average molecular weight is 249 g/mol. The molecule has 2 aliphatic rings. The third-order valence-electron chi connectivity index (χ3n) is 4.14. The van der Waals surface area contributed by atoms with E-state index in [0.717, 1.165) is 44.7 Å². The average Bonchev–Trinajstić information content (AvgIpc) is 2.83. The number of fused-ring (bicyclic) bond motifs is 1. The molecule has 4 nitrogen and oxygen atoms in total. The number of rotatable bonds is 2. The highest BCUT2D eigenvalue weighted by Crippen LogP contribution is 2.35. The van der Waals surface area contributed by atoms with Crippen molar-refractivity contribution in [1.82, 2.24) is 4.98 Å². The van der Waals surface area contributed by atoms with Crippen molar-refractivity contribution in [3.05, 3.63) is 17.3 Å². The number of aryl methyl sites for hydroxylation is 1. The van der Waals surface area contributed by atoms with Crippen LogP contribution in [0.5, 0.6) is 0 Å². The molecule has 2 heterocycles. The molecule has 0 saturated carbocycles. The fraction of sp³-hybridized carbons (Fsp3) is 0.714. The molecule has 0 N–H and O–H groups in total. The van der Waals surface area contributed by atoms with Gasteiger partial charge in [-0.1, -0.05) is 6.92 Å². The molecule has 4 heteroatoms. The van der Waals surface area contributed by atoms with Crippen LogP contribution >= 0.6 is 0 Å². The van der Waals surface area contributed by atoms with E-state index in [-0.39, 0.29) is 5.78 Å². The van der Waals surface area contributed by atoms with Crippen molar-refractivity contribution in [2.24, 2.45) is 11.8 Å². The van der Waals surface area contributed by atoms with Crippen LogP contribution in [0.3, 0.4) is 0 Å². The van der Waals surface area contributed by atoms with E-state index in [4.69, 9.17) is 9.15 Å². The lowest BCUT2D eigenvalue weighted by molar-refractivity contribution is 0.0413. The maximum absolute atomic E-state index is 12.1. The zero-order valence-corrected chi connectivity index (χ0v) is 10.8. The fourth-order valence-corrected chi connectivity index (χ4v) is 3.07. The van der Waals surface area contributed by atoms with Crippen LogP contribution in [0.1, 0.15) is 48.3 Å². The number of hydrogen-bond acceptors (Lipinski definition) is 4. The highest BCUT2D eigenvalue weighted by molar-refractivity contribution is 5.96. The van der Waals surface area contributed by atoms with E-state index < -0.39 is 0 Å². The van der Waals surface area contributed by atoms with Gasteiger partial charge in [0.25, 0.3) is 0 Å². The molecule has 1 atom stereocenters. The molecule has 0 amide bonds. The number of aromatic nitrogens is 1. The third kappa shape index (κ3) is 2.09. The van der Waals surface area contributed by atoms with Gasteiger partial charge in [0, 0.05) is 32.5 Å². The van der Waals surface area contributed by atoms with Crippen LogP contribution in [0.25, 0.3) is 0 Å². The Labute approximate surface area is 107 Å². The molecule has 0 bridgehead atoms. The summed E-state index contributed by atoms with van der Waals surface area (Å²) in [4.78, 5) is 16.4. The molecule has 98 valence electrons. The molecule has 18 heavy (non-hydrogen) atoms. The van der Waals surface area contributed by atoms with Gasteiger partial charge in [0.05, 0.1) is 0 Å². The van der Waals surface area contributed by atoms with Crippen molar-refractivity contribution < 1.29 is 13.9 Å². The Kier molecular flexibility index (Phi) is 3.20. The Balaban J connectivity index is 1.79. The van der Waals surface area contributed by atoms with Gasteiger partial charge in [-0.25, -0.2) is 4.98 Å². The Bertz CT molecular complexity index is 446. The lowest BCUT2D eigenvalue weighted by Gasteiger charge is -2.31. The molecule has 0 spiro atoms. The molecule has 1 saturated heterocycles. The monoisotopic (exact) mass is 249 g/mol. The molecular formula is C14H19NO3. The first-order valence-corrected chi connectivity index (χ1v) is 6.87. The van der Waals surface area contributed by atoms with Crippen LogP contribution in [0, 0.1) is 11.8 Å². The molecule has 3 rings (SSSR count). The standard InChI is InChI=1S/C14H19NO3/c1-2-13-15-14-11(16)7-10(8-12(14)18-13)9-3-5-17-6-4-9/h9-10H,2-8H2,1H3. The number of Topliss-reactive ketones (excluding diaryl/α,β-unsaturated/α-hetero) is 1. The maximum Gasteiger partial charge on any atom is 0.194 e. The highest BCUT2D eigenvalue weighted by atomic mass is 16.5. The van der Waals surface area contributed by atoms with Gasteiger partial charge in [-0.15, -0.1) is 0 Å². The zero-order chi connectivity index (χ0) is 12.5. The Morgan fingerprint density at radius 1 is 1.22 bits per heavy atom. The quantitative estimate of drug-likeness (QED) is 0.807. The SMILES string of the molecule is CCc1nc2c(o1)CC(C1CCOCC1)CC2=O. The second kappa shape index (κ2) is 4.84. The van der Waals surface area contributed by atoms with Gasteiger partial charge in [-0.05, 0) is 24.7 Å². The Morgan fingerprint density at radius 3 is 2.72 bits per heavy atom. The minimum absolute atomic E-state index is 0.163. The van der Waals surface area contributed by atoms with Crippen molar-refractivity contribution in [3.8, 4) is 0 Å². The van der Waals surface area contributed by atoms with Crippen molar-refractivity contribution in [2.75, 3.05) is 13.2 Å². The number of nitrogens with zero attached hydrogens (tertiary/aromatic N) is 1. The van der Waals surface area contributed by atoms with E-state index in [2.05, 4.69) is 4.98 Å². The summed E-state index contributed by atoms with van der Waals surface area (Å²) in [6, 6.07) is 0. The van der Waals surface area contributed by atoms with Crippen molar-refractivity contribution >= 4 is 5.78 Å². The summed E-state index contributed by atoms with van der Waals surface area (Å²) in [6.07, 6.45) is 4.40. The lowest BCUT2D eigenvalue weighted by atomic mass is 9.77. The van der Waals surface area contributed by atoms with Gasteiger partial charge < -0.3 is 9.15 Å².